The monoisotopic (exact) mass is 334 g/mol. The van der Waals surface area contributed by atoms with Gasteiger partial charge in [-0.05, 0) is 51.8 Å². The standard InChI is InChI=1S/C18H30N4O2/c1-7-19-17(21-12-16(23)22-18(3,4)5)20-11-14-9-8-13(2)15(10-14)24-6/h8-10H,7,11-12H2,1-6H3,(H,22,23)(H2,19,20,21). The molecule has 0 atom stereocenters. The van der Waals surface area contributed by atoms with E-state index in [9.17, 15) is 4.79 Å². The molecule has 1 amide bonds. The van der Waals surface area contributed by atoms with Crippen molar-refractivity contribution in [1.29, 1.82) is 0 Å². The van der Waals surface area contributed by atoms with Crippen molar-refractivity contribution in [3.8, 4) is 5.75 Å². The number of guanidine groups is 1. The minimum absolute atomic E-state index is 0.0647. The molecule has 0 aliphatic carbocycles. The molecule has 0 unspecified atom stereocenters. The van der Waals surface area contributed by atoms with Gasteiger partial charge in [0.15, 0.2) is 5.96 Å². The van der Waals surface area contributed by atoms with Gasteiger partial charge in [0.25, 0.3) is 0 Å². The van der Waals surface area contributed by atoms with Crippen molar-refractivity contribution < 1.29 is 9.53 Å². The first-order valence-corrected chi connectivity index (χ1v) is 8.22. The highest BCUT2D eigenvalue weighted by molar-refractivity contribution is 5.86. The van der Waals surface area contributed by atoms with E-state index in [4.69, 9.17) is 4.74 Å². The number of aliphatic imine (C=N–C) groups is 1. The van der Waals surface area contributed by atoms with Crippen molar-refractivity contribution >= 4 is 11.9 Å². The topological polar surface area (TPSA) is 74.8 Å². The first kappa shape index (κ1) is 19.8. The number of nitrogens with one attached hydrogen (secondary N) is 3. The minimum Gasteiger partial charge on any atom is -0.496 e. The van der Waals surface area contributed by atoms with E-state index in [1.807, 2.05) is 52.8 Å². The number of carbonyl (C=O) groups is 1. The van der Waals surface area contributed by atoms with E-state index in [0.717, 1.165) is 23.4 Å². The highest BCUT2D eigenvalue weighted by Gasteiger charge is 2.13. The van der Waals surface area contributed by atoms with Crippen molar-refractivity contribution in [1.82, 2.24) is 16.0 Å². The molecule has 0 saturated carbocycles. The van der Waals surface area contributed by atoms with Crippen LogP contribution in [0.15, 0.2) is 23.2 Å². The quantitative estimate of drug-likeness (QED) is 0.549. The average Bonchev–Trinajstić information content (AvgIpc) is 2.49. The molecule has 0 fully saturated rings. The zero-order valence-electron chi connectivity index (χ0n) is 15.6. The molecule has 3 N–H and O–H groups in total. The summed E-state index contributed by atoms with van der Waals surface area (Å²) >= 11 is 0. The van der Waals surface area contributed by atoms with Crippen LogP contribution in [0.5, 0.6) is 5.75 Å². The predicted octanol–water partition coefficient (Wildman–Crippen LogP) is 1.97. The summed E-state index contributed by atoms with van der Waals surface area (Å²) in [5.74, 6) is 1.40. The molecule has 0 saturated heterocycles. The van der Waals surface area contributed by atoms with Gasteiger partial charge in [-0.15, -0.1) is 0 Å². The maximum Gasteiger partial charge on any atom is 0.239 e. The van der Waals surface area contributed by atoms with Gasteiger partial charge in [0.1, 0.15) is 5.75 Å². The summed E-state index contributed by atoms with van der Waals surface area (Å²) in [7, 11) is 1.66. The lowest BCUT2D eigenvalue weighted by atomic mass is 10.1. The Hall–Kier alpha value is -2.24. The number of hydrogen-bond donors (Lipinski definition) is 3. The molecular weight excluding hydrogens is 304 g/mol. The van der Waals surface area contributed by atoms with E-state index >= 15 is 0 Å². The Morgan fingerprint density at radius 2 is 1.96 bits per heavy atom. The number of nitrogens with zero attached hydrogens (tertiary/aromatic N) is 1. The number of aryl methyl sites for hydroxylation is 1. The largest absolute Gasteiger partial charge is 0.496 e. The second kappa shape index (κ2) is 9.15. The molecule has 1 aromatic carbocycles. The molecule has 24 heavy (non-hydrogen) atoms. The fourth-order valence-electron chi connectivity index (χ4n) is 2.10. The Balaban J connectivity index is 2.67. The van der Waals surface area contributed by atoms with Gasteiger partial charge in [0, 0.05) is 12.1 Å². The molecule has 0 aliphatic rings. The molecule has 0 aliphatic heterocycles. The summed E-state index contributed by atoms with van der Waals surface area (Å²) in [6.07, 6.45) is 0. The minimum atomic E-state index is -0.243. The van der Waals surface area contributed by atoms with Gasteiger partial charge < -0.3 is 20.7 Å². The van der Waals surface area contributed by atoms with Gasteiger partial charge in [0.05, 0.1) is 20.2 Å². The third-order valence-electron chi connectivity index (χ3n) is 3.17. The molecule has 0 radical (unpaired) electrons. The van der Waals surface area contributed by atoms with Gasteiger partial charge >= 0.3 is 0 Å². The van der Waals surface area contributed by atoms with Gasteiger partial charge in [-0.2, -0.15) is 0 Å². The summed E-state index contributed by atoms with van der Waals surface area (Å²) in [5.41, 5.74) is 1.90. The van der Waals surface area contributed by atoms with Gasteiger partial charge in [0.2, 0.25) is 5.91 Å². The molecule has 0 aromatic heterocycles. The number of hydrogen-bond acceptors (Lipinski definition) is 3. The summed E-state index contributed by atoms with van der Waals surface area (Å²) in [6.45, 7) is 11.3. The number of carbonyl (C=O) groups excluding carboxylic acids is 1. The molecule has 0 bridgehead atoms. The lowest BCUT2D eigenvalue weighted by Crippen LogP contribution is -2.48. The summed E-state index contributed by atoms with van der Waals surface area (Å²) < 4.78 is 5.33. The number of rotatable bonds is 6. The van der Waals surface area contributed by atoms with Crippen molar-refractivity contribution in [2.45, 2.75) is 46.7 Å². The van der Waals surface area contributed by atoms with Crippen molar-refractivity contribution in [2.24, 2.45) is 4.99 Å². The second-order valence-corrected chi connectivity index (χ2v) is 6.65. The molecule has 134 valence electrons. The van der Waals surface area contributed by atoms with Gasteiger partial charge in [-0.1, -0.05) is 12.1 Å². The highest BCUT2D eigenvalue weighted by Crippen LogP contribution is 2.19. The number of ether oxygens (including phenoxy) is 1. The molecule has 0 spiro atoms. The highest BCUT2D eigenvalue weighted by atomic mass is 16.5. The number of methoxy groups -OCH3 is 1. The summed E-state index contributed by atoms with van der Waals surface area (Å²) in [4.78, 5) is 16.4. The van der Waals surface area contributed by atoms with E-state index in [0.29, 0.717) is 12.5 Å². The molecular formula is C18H30N4O2. The van der Waals surface area contributed by atoms with Crippen LogP contribution >= 0.6 is 0 Å². The lowest BCUT2D eigenvalue weighted by Gasteiger charge is -2.21. The number of benzene rings is 1. The van der Waals surface area contributed by atoms with Crippen LogP contribution in [-0.2, 0) is 11.3 Å². The Morgan fingerprint density at radius 3 is 2.54 bits per heavy atom. The first-order chi connectivity index (χ1) is 11.2. The van der Waals surface area contributed by atoms with Crippen LogP contribution in [0.4, 0.5) is 0 Å². The van der Waals surface area contributed by atoms with Gasteiger partial charge in [-0.3, -0.25) is 4.79 Å². The Kier molecular flexibility index (Phi) is 7.55. The third-order valence-corrected chi connectivity index (χ3v) is 3.17. The molecule has 1 aromatic rings. The summed E-state index contributed by atoms with van der Waals surface area (Å²) in [6, 6.07) is 6.02. The van der Waals surface area contributed by atoms with Crippen molar-refractivity contribution in [3.63, 3.8) is 0 Å². The fraction of sp³-hybridized carbons (Fsp3) is 0.556. The maximum atomic E-state index is 11.9. The van der Waals surface area contributed by atoms with Crippen LogP contribution in [0.1, 0.15) is 38.8 Å². The average molecular weight is 334 g/mol. The van der Waals surface area contributed by atoms with E-state index in [1.54, 1.807) is 7.11 Å². The van der Waals surface area contributed by atoms with E-state index in [2.05, 4.69) is 20.9 Å². The Labute approximate surface area is 145 Å². The third kappa shape index (κ3) is 7.35. The Bertz CT molecular complexity index is 577. The molecule has 6 heteroatoms. The van der Waals surface area contributed by atoms with E-state index < -0.39 is 0 Å². The number of amides is 1. The molecule has 0 heterocycles. The van der Waals surface area contributed by atoms with Crippen molar-refractivity contribution in [2.75, 3.05) is 20.2 Å². The van der Waals surface area contributed by atoms with E-state index in [-0.39, 0.29) is 18.0 Å². The predicted molar refractivity (Wildman–Crippen MR) is 98.4 cm³/mol. The SMILES string of the molecule is CCNC(=NCc1ccc(C)c(OC)c1)NCC(=O)NC(C)(C)C. The van der Waals surface area contributed by atoms with Crippen LogP contribution in [0.2, 0.25) is 0 Å². The first-order valence-electron chi connectivity index (χ1n) is 8.22. The van der Waals surface area contributed by atoms with Crippen molar-refractivity contribution in [3.05, 3.63) is 29.3 Å². The zero-order valence-corrected chi connectivity index (χ0v) is 15.6. The molecule has 6 nitrogen and oxygen atoms in total. The maximum absolute atomic E-state index is 11.9. The lowest BCUT2D eigenvalue weighted by molar-refractivity contribution is -0.121. The van der Waals surface area contributed by atoms with Crippen LogP contribution < -0.4 is 20.7 Å². The molecule has 1 rings (SSSR count). The van der Waals surface area contributed by atoms with Crippen LogP contribution in [0, 0.1) is 6.92 Å². The zero-order chi connectivity index (χ0) is 18.2. The van der Waals surface area contributed by atoms with Gasteiger partial charge in [-0.25, -0.2) is 4.99 Å². The summed E-state index contributed by atoms with van der Waals surface area (Å²) in [5, 5.41) is 9.10. The second-order valence-electron chi connectivity index (χ2n) is 6.65. The van der Waals surface area contributed by atoms with Crippen LogP contribution in [0.25, 0.3) is 0 Å². The van der Waals surface area contributed by atoms with Crippen LogP contribution in [-0.4, -0.2) is 37.6 Å². The van der Waals surface area contributed by atoms with E-state index in [1.165, 1.54) is 0 Å². The fourth-order valence-corrected chi connectivity index (χ4v) is 2.10. The normalized spacial score (nSPS) is 11.8. The Morgan fingerprint density at radius 1 is 1.25 bits per heavy atom. The smallest absolute Gasteiger partial charge is 0.239 e. The van der Waals surface area contributed by atoms with Crippen LogP contribution in [0.3, 0.4) is 0 Å².